The summed E-state index contributed by atoms with van der Waals surface area (Å²) < 4.78 is 42.2. The Morgan fingerprint density at radius 1 is 1.14 bits per heavy atom. The summed E-state index contributed by atoms with van der Waals surface area (Å²) in [6.45, 7) is 2.55. The molecule has 3 rings (SSSR count). The van der Waals surface area contributed by atoms with Gasteiger partial charge in [-0.25, -0.2) is 12.8 Å². The summed E-state index contributed by atoms with van der Waals surface area (Å²) in [7, 11) is -3.54. The van der Waals surface area contributed by atoms with E-state index >= 15 is 0 Å². The molecule has 4 nitrogen and oxygen atoms in total. The summed E-state index contributed by atoms with van der Waals surface area (Å²) in [6.07, 6.45) is 5.60. The third-order valence-corrected chi connectivity index (χ3v) is 6.13. The zero-order chi connectivity index (χ0) is 15.7. The molecule has 1 aliphatic rings. The van der Waals surface area contributed by atoms with Crippen molar-refractivity contribution in [2.24, 2.45) is 0 Å². The molecular formula is C16H19FN2O2S. The summed E-state index contributed by atoms with van der Waals surface area (Å²) in [6, 6.07) is 8.26. The Kier molecular flexibility index (Phi) is 4.06. The van der Waals surface area contributed by atoms with Crippen molar-refractivity contribution in [1.29, 1.82) is 0 Å². The Morgan fingerprint density at radius 3 is 2.36 bits per heavy atom. The number of aryl methyl sites for hydroxylation is 1. The highest BCUT2D eigenvalue weighted by Gasteiger charge is 2.30. The van der Waals surface area contributed by atoms with Crippen molar-refractivity contribution in [1.82, 2.24) is 8.87 Å². The number of rotatable bonds is 3. The van der Waals surface area contributed by atoms with Crippen molar-refractivity contribution in [2.45, 2.75) is 30.7 Å². The SMILES string of the molecule is Cc1cc(S(=O)(=O)N2CCC(n3cccc3)CC2)ccc1F. The van der Waals surface area contributed by atoms with E-state index in [0.717, 1.165) is 12.8 Å². The lowest BCUT2D eigenvalue weighted by atomic mass is 10.1. The van der Waals surface area contributed by atoms with Crippen LogP contribution in [0.25, 0.3) is 0 Å². The van der Waals surface area contributed by atoms with Gasteiger partial charge >= 0.3 is 0 Å². The fraction of sp³-hybridized carbons (Fsp3) is 0.375. The van der Waals surface area contributed by atoms with Gasteiger partial charge in [-0.2, -0.15) is 4.31 Å². The second kappa shape index (κ2) is 5.85. The molecule has 0 radical (unpaired) electrons. The highest BCUT2D eigenvalue weighted by molar-refractivity contribution is 7.89. The number of nitrogens with zero attached hydrogens (tertiary/aromatic N) is 2. The topological polar surface area (TPSA) is 42.3 Å². The molecular weight excluding hydrogens is 303 g/mol. The molecule has 1 aromatic heterocycles. The second-order valence-corrected chi connectivity index (χ2v) is 7.61. The van der Waals surface area contributed by atoms with Crippen LogP contribution in [0.2, 0.25) is 0 Å². The van der Waals surface area contributed by atoms with Crippen LogP contribution in [-0.4, -0.2) is 30.4 Å². The number of halogens is 1. The largest absolute Gasteiger partial charge is 0.351 e. The normalized spacial score (nSPS) is 17.7. The summed E-state index contributed by atoms with van der Waals surface area (Å²) >= 11 is 0. The fourth-order valence-electron chi connectivity index (χ4n) is 2.90. The first-order valence-corrected chi connectivity index (χ1v) is 8.81. The Hall–Kier alpha value is -1.66. The molecule has 2 aromatic rings. The third kappa shape index (κ3) is 2.80. The van der Waals surface area contributed by atoms with Crippen LogP contribution in [0.4, 0.5) is 4.39 Å². The van der Waals surface area contributed by atoms with E-state index < -0.39 is 10.0 Å². The number of hydrogen-bond donors (Lipinski definition) is 0. The predicted octanol–water partition coefficient (Wildman–Crippen LogP) is 2.96. The van der Waals surface area contributed by atoms with Gasteiger partial charge in [-0.3, -0.25) is 0 Å². The molecule has 0 unspecified atom stereocenters. The number of piperidine rings is 1. The zero-order valence-corrected chi connectivity index (χ0v) is 13.3. The number of benzene rings is 1. The van der Waals surface area contributed by atoms with E-state index in [1.807, 2.05) is 24.5 Å². The minimum absolute atomic E-state index is 0.172. The average molecular weight is 322 g/mol. The van der Waals surface area contributed by atoms with E-state index in [1.165, 1.54) is 22.5 Å². The summed E-state index contributed by atoms with van der Waals surface area (Å²) in [5.74, 6) is -0.384. The molecule has 2 heterocycles. The van der Waals surface area contributed by atoms with Gasteiger partial charge in [-0.05, 0) is 55.7 Å². The minimum Gasteiger partial charge on any atom is -0.351 e. The molecule has 1 aliphatic heterocycles. The first-order valence-electron chi connectivity index (χ1n) is 7.37. The maximum Gasteiger partial charge on any atom is 0.243 e. The lowest BCUT2D eigenvalue weighted by molar-refractivity contribution is 0.274. The van der Waals surface area contributed by atoms with E-state index in [0.29, 0.717) is 24.7 Å². The van der Waals surface area contributed by atoms with Crippen molar-refractivity contribution in [3.8, 4) is 0 Å². The average Bonchev–Trinajstić information content (AvgIpc) is 3.04. The van der Waals surface area contributed by atoms with Gasteiger partial charge in [0.05, 0.1) is 4.90 Å². The quantitative estimate of drug-likeness (QED) is 0.872. The van der Waals surface area contributed by atoms with E-state index in [9.17, 15) is 12.8 Å². The van der Waals surface area contributed by atoms with Crippen molar-refractivity contribution in [3.05, 3.63) is 54.1 Å². The Labute approximate surface area is 130 Å². The van der Waals surface area contributed by atoms with E-state index in [4.69, 9.17) is 0 Å². The maximum absolute atomic E-state index is 13.3. The fourth-order valence-corrected chi connectivity index (χ4v) is 4.45. The first kappa shape index (κ1) is 15.2. The Bertz CT molecular complexity index is 748. The van der Waals surface area contributed by atoms with Crippen LogP contribution in [0.5, 0.6) is 0 Å². The van der Waals surface area contributed by atoms with Crippen LogP contribution in [0.1, 0.15) is 24.4 Å². The Morgan fingerprint density at radius 2 is 1.77 bits per heavy atom. The lowest BCUT2D eigenvalue weighted by Crippen LogP contribution is -2.38. The van der Waals surface area contributed by atoms with Gasteiger partial charge < -0.3 is 4.57 Å². The summed E-state index contributed by atoms with van der Waals surface area (Å²) in [5, 5.41) is 0. The standard InChI is InChI=1S/C16H19FN2O2S/c1-13-12-15(4-5-16(13)17)22(20,21)19-10-6-14(7-11-19)18-8-2-3-9-18/h2-5,8-9,12,14H,6-7,10-11H2,1H3. The molecule has 0 N–H and O–H groups in total. The van der Waals surface area contributed by atoms with E-state index in [2.05, 4.69) is 4.57 Å². The molecule has 118 valence electrons. The predicted molar refractivity (Wildman–Crippen MR) is 82.6 cm³/mol. The molecule has 22 heavy (non-hydrogen) atoms. The number of hydrogen-bond acceptors (Lipinski definition) is 2. The van der Waals surface area contributed by atoms with Crippen LogP contribution in [0.3, 0.4) is 0 Å². The summed E-state index contributed by atoms with van der Waals surface area (Å²) in [5.41, 5.74) is 0.350. The highest BCUT2D eigenvalue weighted by atomic mass is 32.2. The van der Waals surface area contributed by atoms with Gasteiger partial charge in [0.25, 0.3) is 0 Å². The highest BCUT2D eigenvalue weighted by Crippen LogP contribution is 2.27. The smallest absolute Gasteiger partial charge is 0.243 e. The molecule has 0 saturated carbocycles. The lowest BCUT2D eigenvalue weighted by Gasteiger charge is -2.32. The maximum atomic E-state index is 13.3. The number of aromatic nitrogens is 1. The molecule has 1 aromatic carbocycles. The van der Waals surface area contributed by atoms with Crippen LogP contribution in [0.15, 0.2) is 47.6 Å². The van der Waals surface area contributed by atoms with Crippen molar-refractivity contribution in [2.75, 3.05) is 13.1 Å². The third-order valence-electron chi connectivity index (χ3n) is 4.24. The van der Waals surface area contributed by atoms with Gasteiger partial charge in [0.1, 0.15) is 5.82 Å². The van der Waals surface area contributed by atoms with Crippen LogP contribution in [0, 0.1) is 12.7 Å². The van der Waals surface area contributed by atoms with Crippen molar-refractivity contribution >= 4 is 10.0 Å². The first-order chi connectivity index (χ1) is 10.5. The molecule has 6 heteroatoms. The van der Waals surface area contributed by atoms with E-state index in [-0.39, 0.29) is 10.7 Å². The minimum atomic E-state index is -3.54. The van der Waals surface area contributed by atoms with Gasteiger partial charge in [-0.1, -0.05) is 0 Å². The molecule has 0 spiro atoms. The molecule has 1 saturated heterocycles. The van der Waals surface area contributed by atoms with Crippen molar-refractivity contribution < 1.29 is 12.8 Å². The Balaban J connectivity index is 1.75. The molecule has 0 bridgehead atoms. The van der Waals surface area contributed by atoms with E-state index in [1.54, 1.807) is 6.92 Å². The molecule has 0 atom stereocenters. The molecule has 0 amide bonds. The second-order valence-electron chi connectivity index (χ2n) is 5.68. The van der Waals surface area contributed by atoms with Crippen molar-refractivity contribution in [3.63, 3.8) is 0 Å². The van der Waals surface area contributed by atoms with Crippen LogP contribution >= 0.6 is 0 Å². The summed E-state index contributed by atoms with van der Waals surface area (Å²) in [4.78, 5) is 0.172. The van der Waals surface area contributed by atoms with Gasteiger partial charge in [-0.15, -0.1) is 0 Å². The van der Waals surface area contributed by atoms with Gasteiger partial charge in [0, 0.05) is 31.5 Å². The van der Waals surface area contributed by atoms with Gasteiger partial charge in [0.2, 0.25) is 10.0 Å². The van der Waals surface area contributed by atoms with Crippen LogP contribution in [-0.2, 0) is 10.0 Å². The number of sulfonamides is 1. The molecule has 1 fully saturated rings. The van der Waals surface area contributed by atoms with Crippen LogP contribution < -0.4 is 0 Å². The zero-order valence-electron chi connectivity index (χ0n) is 12.4. The molecule has 0 aliphatic carbocycles. The van der Waals surface area contributed by atoms with Gasteiger partial charge in [0.15, 0.2) is 0 Å². The monoisotopic (exact) mass is 322 g/mol.